The number of carbonyl (C=O) groups excluding carboxylic acids is 1. The van der Waals surface area contributed by atoms with Crippen molar-refractivity contribution in [1.29, 1.82) is 0 Å². The van der Waals surface area contributed by atoms with E-state index in [1.54, 1.807) is 23.6 Å². The van der Waals surface area contributed by atoms with E-state index in [1.165, 1.54) is 35.5 Å². The molecule has 3 aromatic rings. The van der Waals surface area contributed by atoms with Gasteiger partial charge >= 0.3 is 0 Å². The first-order chi connectivity index (χ1) is 15.3. The number of carbonyl (C=O) groups is 1. The molecule has 2 aromatic heterocycles. The Kier molecular flexibility index (Phi) is 5.88. The second-order valence-corrected chi connectivity index (χ2v) is 10.7. The summed E-state index contributed by atoms with van der Waals surface area (Å²) in [6.07, 6.45) is 4.02. The lowest BCUT2D eigenvalue weighted by Gasteiger charge is -2.40. The highest BCUT2D eigenvalue weighted by molar-refractivity contribution is 7.90. The average molecular weight is 515 g/mol. The molecule has 33 heavy (non-hydrogen) atoms. The van der Waals surface area contributed by atoms with Gasteiger partial charge in [-0.1, -0.05) is 23.2 Å². The summed E-state index contributed by atoms with van der Waals surface area (Å²) < 4.78 is 51.5. The molecule has 12 heteroatoms. The maximum atomic E-state index is 13.1. The van der Waals surface area contributed by atoms with Crippen LogP contribution in [0.1, 0.15) is 16.1 Å². The van der Waals surface area contributed by atoms with Crippen molar-refractivity contribution in [3.05, 3.63) is 64.0 Å². The summed E-state index contributed by atoms with van der Waals surface area (Å²) >= 11 is 12.3. The van der Waals surface area contributed by atoms with E-state index in [4.69, 9.17) is 23.2 Å². The Bertz CT molecular complexity index is 1370. The Morgan fingerprint density at radius 3 is 2.45 bits per heavy atom. The number of pyridine rings is 1. The molecular weight excluding hydrogens is 497 g/mol. The van der Waals surface area contributed by atoms with Crippen molar-refractivity contribution in [2.75, 3.05) is 29.6 Å². The molecule has 1 aliphatic heterocycles. The maximum absolute atomic E-state index is 13.1. The third-order valence-corrected chi connectivity index (χ3v) is 6.67. The van der Waals surface area contributed by atoms with Crippen LogP contribution in [-0.4, -0.2) is 49.1 Å². The van der Waals surface area contributed by atoms with Gasteiger partial charge in [0.05, 0.1) is 40.5 Å². The zero-order valence-electron chi connectivity index (χ0n) is 17.4. The molecule has 0 saturated carbocycles. The molecule has 0 bridgehead atoms. The molecule has 4 rings (SSSR count). The molecule has 0 aliphatic carbocycles. The Labute approximate surface area is 198 Å². The van der Waals surface area contributed by atoms with Gasteiger partial charge in [0.2, 0.25) is 0 Å². The van der Waals surface area contributed by atoms with Crippen molar-refractivity contribution in [3.63, 3.8) is 0 Å². The van der Waals surface area contributed by atoms with Crippen molar-refractivity contribution < 1.29 is 22.0 Å². The number of halogens is 4. The molecule has 7 nitrogen and oxygen atoms in total. The second-order valence-electron chi connectivity index (χ2n) is 7.85. The number of amides is 1. The molecule has 1 saturated heterocycles. The van der Waals surface area contributed by atoms with Gasteiger partial charge in [0.25, 0.3) is 11.8 Å². The van der Waals surface area contributed by atoms with Crippen LogP contribution < -0.4 is 10.2 Å². The first kappa shape index (κ1) is 23.5. The predicted octanol–water partition coefficient (Wildman–Crippen LogP) is 4.60. The number of benzene rings is 1. The summed E-state index contributed by atoms with van der Waals surface area (Å²) in [5.74, 6) is -2.87. The molecule has 1 aromatic carbocycles. The van der Waals surface area contributed by atoms with Gasteiger partial charge in [-0.05, 0) is 37.3 Å². The van der Waals surface area contributed by atoms with Crippen LogP contribution in [0.3, 0.4) is 0 Å². The van der Waals surface area contributed by atoms with Gasteiger partial charge in [-0.15, -0.1) is 0 Å². The van der Waals surface area contributed by atoms with E-state index in [9.17, 15) is 22.0 Å². The quantitative estimate of drug-likeness (QED) is 0.537. The van der Waals surface area contributed by atoms with Gasteiger partial charge in [0.15, 0.2) is 15.7 Å². The number of sulfone groups is 1. The SMILES string of the molecule is Cc1cc(C(=O)Nc2cc(Cl)cc(S(C)(=O)=O)c2)cn1-c1ncc(N2CC(F)(F)C2)cc1Cl. The molecule has 3 heterocycles. The van der Waals surface area contributed by atoms with Crippen LogP contribution in [0.15, 0.2) is 47.6 Å². The fourth-order valence-corrected chi connectivity index (χ4v) is 4.68. The Morgan fingerprint density at radius 1 is 1.15 bits per heavy atom. The first-order valence-corrected chi connectivity index (χ1v) is 12.3. The second kappa shape index (κ2) is 8.27. The zero-order valence-corrected chi connectivity index (χ0v) is 19.8. The van der Waals surface area contributed by atoms with Crippen molar-refractivity contribution in [1.82, 2.24) is 9.55 Å². The van der Waals surface area contributed by atoms with Crippen molar-refractivity contribution in [2.24, 2.45) is 0 Å². The largest absolute Gasteiger partial charge is 0.358 e. The van der Waals surface area contributed by atoms with Gasteiger partial charge < -0.3 is 14.8 Å². The lowest BCUT2D eigenvalue weighted by Crippen LogP contribution is -2.56. The molecule has 1 N–H and O–H groups in total. The third kappa shape index (κ3) is 4.97. The van der Waals surface area contributed by atoms with Crippen molar-refractivity contribution in [3.8, 4) is 5.82 Å². The summed E-state index contributed by atoms with van der Waals surface area (Å²) in [6, 6.07) is 7.22. The Hall–Kier alpha value is -2.69. The summed E-state index contributed by atoms with van der Waals surface area (Å²) in [7, 11) is -3.51. The number of hydrogen-bond acceptors (Lipinski definition) is 5. The number of anilines is 2. The van der Waals surface area contributed by atoms with E-state index in [-0.39, 0.29) is 39.3 Å². The normalized spacial score (nSPS) is 15.3. The number of aromatic nitrogens is 2. The van der Waals surface area contributed by atoms with Crippen LogP contribution in [-0.2, 0) is 9.84 Å². The van der Waals surface area contributed by atoms with Crippen LogP contribution in [0.25, 0.3) is 5.82 Å². The van der Waals surface area contributed by atoms with E-state index in [0.29, 0.717) is 17.2 Å². The van der Waals surface area contributed by atoms with E-state index in [2.05, 4.69) is 10.3 Å². The van der Waals surface area contributed by atoms with Gasteiger partial charge in [0, 0.05) is 28.9 Å². The van der Waals surface area contributed by atoms with Crippen LogP contribution >= 0.6 is 23.2 Å². The monoisotopic (exact) mass is 514 g/mol. The maximum Gasteiger partial charge on any atom is 0.282 e. The minimum atomic E-state index is -3.51. The highest BCUT2D eigenvalue weighted by atomic mass is 35.5. The molecule has 0 unspecified atom stereocenters. The van der Waals surface area contributed by atoms with Gasteiger partial charge in [-0.3, -0.25) is 4.79 Å². The standard InChI is InChI=1S/C21H18Cl2F2N4O3S/c1-12-3-13(20(30)27-15-4-14(22)5-17(6-15)33(2,31)32)9-29(12)19-18(23)7-16(8-26-19)28-10-21(24,25)11-28/h3-9H,10-11H2,1-2H3,(H,27,30). The first-order valence-electron chi connectivity index (χ1n) is 9.62. The number of rotatable bonds is 5. The van der Waals surface area contributed by atoms with E-state index in [1.807, 2.05) is 0 Å². The van der Waals surface area contributed by atoms with Crippen LogP contribution in [0.2, 0.25) is 10.0 Å². The van der Waals surface area contributed by atoms with Gasteiger partial charge in [-0.25, -0.2) is 22.2 Å². The number of alkyl halides is 2. The lowest BCUT2D eigenvalue weighted by molar-refractivity contribution is -0.0262. The number of aryl methyl sites for hydroxylation is 1. The van der Waals surface area contributed by atoms with Gasteiger partial charge in [-0.2, -0.15) is 0 Å². The minimum Gasteiger partial charge on any atom is -0.358 e. The lowest BCUT2D eigenvalue weighted by atomic mass is 10.1. The highest BCUT2D eigenvalue weighted by Gasteiger charge is 2.44. The van der Waals surface area contributed by atoms with Crippen LogP contribution in [0.4, 0.5) is 20.2 Å². The fraction of sp³-hybridized carbons (Fsp3) is 0.238. The topological polar surface area (TPSA) is 84.3 Å². The van der Waals surface area contributed by atoms with E-state index >= 15 is 0 Å². The van der Waals surface area contributed by atoms with Crippen LogP contribution in [0.5, 0.6) is 0 Å². The zero-order chi connectivity index (χ0) is 24.1. The Balaban J connectivity index is 1.57. The summed E-state index contributed by atoms with van der Waals surface area (Å²) in [6.45, 7) is 0.976. The van der Waals surface area contributed by atoms with Crippen molar-refractivity contribution in [2.45, 2.75) is 17.7 Å². The smallest absolute Gasteiger partial charge is 0.282 e. The molecule has 0 radical (unpaired) electrons. The highest BCUT2D eigenvalue weighted by Crippen LogP contribution is 2.34. The summed E-state index contributed by atoms with van der Waals surface area (Å²) in [5, 5.41) is 3.03. The summed E-state index contributed by atoms with van der Waals surface area (Å²) in [5.41, 5.74) is 1.64. The number of hydrogen-bond donors (Lipinski definition) is 1. The molecule has 174 valence electrons. The van der Waals surface area contributed by atoms with E-state index < -0.39 is 21.7 Å². The summed E-state index contributed by atoms with van der Waals surface area (Å²) in [4.78, 5) is 18.5. The molecule has 0 atom stereocenters. The molecule has 0 spiro atoms. The Morgan fingerprint density at radius 2 is 1.85 bits per heavy atom. The van der Waals surface area contributed by atoms with Crippen LogP contribution in [0, 0.1) is 6.92 Å². The average Bonchev–Trinajstić information content (AvgIpc) is 3.06. The minimum absolute atomic E-state index is 0.0184. The van der Waals surface area contributed by atoms with E-state index in [0.717, 1.165) is 6.26 Å². The molecule has 1 amide bonds. The predicted molar refractivity (Wildman–Crippen MR) is 123 cm³/mol. The van der Waals surface area contributed by atoms with Crippen molar-refractivity contribution >= 4 is 50.3 Å². The van der Waals surface area contributed by atoms with Gasteiger partial charge in [0.1, 0.15) is 0 Å². The third-order valence-electron chi connectivity index (χ3n) is 5.08. The fourth-order valence-electron chi connectivity index (χ4n) is 3.44. The molecule has 1 fully saturated rings. The molecular formula is C21H18Cl2F2N4O3S. The number of nitrogens with one attached hydrogen (secondary N) is 1. The number of nitrogens with zero attached hydrogens (tertiary/aromatic N) is 3. The molecule has 1 aliphatic rings.